The minimum Gasteiger partial charge on any atom is -0.352 e. The van der Waals surface area contributed by atoms with Gasteiger partial charge in [-0.25, -0.2) is 13.1 Å². The van der Waals surface area contributed by atoms with E-state index in [0.29, 0.717) is 24.2 Å². The molecule has 0 saturated heterocycles. The molecule has 0 aliphatic carbocycles. The predicted molar refractivity (Wildman–Crippen MR) is 86.2 cm³/mol. The Balaban J connectivity index is 1.89. The van der Waals surface area contributed by atoms with Crippen molar-refractivity contribution in [3.63, 3.8) is 0 Å². The van der Waals surface area contributed by atoms with Crippen molar-refractivity contribution in [1.82, 2.24) is 20.0 Å². The van der Waals surface area contributed by atoms with E-state index in [2.05, 4.69) is 20.0 Å². The Morgan fingerprint density at radius 2 is 2.09 bits per heavy atom. The van der Waals surface area contributed by atoms with E-state index in [0.717, 1.165) is 11.8 Å². The summed E-state index contributed by atoms with van der Waals surface area (Å²) in [6.45, 7) is 0.541. The molecule has 23 heavy (non-hydrogen) atoms. The fourth-order valence-corrected chi connectivity index (χ4v) is 2.30. The van der Waals surface area contributed by atoms with Crippen LogP contribution in [0.2, 0.25) is 0 Å². The molecule has 0 spiro atoms. The van der Waals surface area contributed by atoms with E-state index in [1.807, 2.05) is 12.1 Å². The number of pyridine rings is 2. The molecule has 122 valence electrons. The van der Waals surface area contributed by atoms with Crippen LogP contribution in [0.5, 0.6) is 0 Å². The minimum atomic E-state index is -3.30. The Morgan fingerprint density at radius 1 is 1.26 bits per heavy atom. The highest BCUT2D eigenvalue weighted by Crippen LogP contribution is 2.03. The van der Waals surface area contributed by atoms with Crippen molar-refractivity contribution in [2.75, 3.05) is 12.8 Å². The fourth-order valence-electron chi connectivity index (χ4n) is 1.89. The molecule has 2 aromatic heterocycles. The smallest absolute Gasteiger partial charge is 0.251 e. The van der Waals surface area contributed by atoms with Crippen molar-refractivity contribution < 1.29 is 13.2 Å². The van der Waals surface area contributed by atoms with Crippen LogP contribution < -0.4 is 10.0 Å². The van der Waals surface area contributed by atoms with Gasteiger partial charge < -0.3 is 5.32 Å². The molecule has 2 aromatic rings. The lowest BCUT2D eigenvalue weighted by atomic mass is 10.2. The number of nitrogens with zero attached hydrogens (tertiary/aromatic N) is 2. The molecule has 0 aliphatic rings. The Labute approximate surface area is 135 Å². The van der Waals surface area contributed by atoms with E-state index in [1.165, 1.54) is 6.20 Å². The standard InChI is InChI=1S/C15H18N4O3S/c1-23(21,22)19-11-14-9-13(5-8-17-14)15(20)18-7-4-12-3-2-6-16-10-12/h2-3,5-6,8-10,19H,4,7,11H2,1H3,(H,18,20). The van der Waals surface area contributed by atoms with Crippen molar-refractivity contribution >= 4 is 15.9 Å². The summed E-state index contributed by atoms with van der Waals surface area (Å²) in [6, 6.07) is 6.95. The molecule has 2 rings (SSSR count). The summed E-state index contributed by atoms with van der Waals surface area (Å²) in [5.41, 5.74) is 1.97. The van der Waals surface area contributed by atoms with Crippen molar-refractivity contribution in [3.8, 4) is 0 Å². The van der Waals surface area contributed by atoms with E-state index in [9.17, 15) is 13.2 Å². The van der Waals surface area contributed by atoms with Gasteiger partial charge in [0.2, 0.25) is 10.0 Å². The van der Waals surface area contributed by atoms with Crippen LogP contribution in [-0.4, -0.2) is 37.1 Å². The number of hydrogen-bond donors (Lipinski definition) is 2. The summed E-state index contributed by atoms with van der Waals surface area (Å²) < 4.78 is 24.5. The van der Waals surface area contributed by atoms with Gasteiger partial charge in [0.1, 0.15) is 0 Å². The fraction of sp³-hybridized carbons (Fsp3) is 0.267. The number of carbonyl (C=O) groups is 1. The van der Waals surface area contributed by atoms with E-state index in [4.69, 9.17) is 0 Å². The Kier molecular flexibility index (Phi) is 5.78. The topological polar surface area (TPSA) is 101 Å². The molecule has 2 N–H and O–H groups in total. The third-order valence-electron chi connectivity index (χ3n) is 3.02. The maximum atomic E-state index is 12.1. The first-order chi connectivity index (χ1) is 10.9. The zero-order chi connectivity index (χ0) is 16.7. The molecule has 0 aromatic carbocycles. The highest BCUT2D eigenvalue weighted by Gasteiger charge is 2.08. The molecule has 8 heteroatoms. The minimum absolute atomic E-state index is 0.0512. The zero-order valence-electron chi connectivity index (χ0n) is 12.7. The van der Waals surface area contributed by atoms with Crippen LogP contribution in [0.25, 0.3) is 0 Å². The van der Waals surface area contributed by atoms with E-state index >= 15 is 0 Å². The van der Waals surface area contributed by atoms with E-state index in [-0.39, 0.29) is 12.5 Å². The van der Waals surface area contributed by atoms with Crippen molar-refractivity contribution in [2.24, 2.45) is 0 Å². The van der Waals surface area contributed by atoms with Crippen LogP contribution >= 0.6 is 0 Å². The van der Waals surface area contributed by atoms with Gasteiger partial charge in [0.05, 0.1) is 18.5 Å². The van der Waals surface area contributed by atoms with E-state index < -0.39 is 10.0 Å². The molecule has 0 unspecified atom stereocenters. The van der Waals surface area contributed by atoms with Gasteiger partial charge in [-0.1, -0.05) is 6.07 Å². The maximum absolute atomic E-state index is 12.1. The van der Waals surface area contributed by atoms with Gasteiger partial charge in [-0.05, 0) is 30.2 Å². The van der Waals surface area contributed by atoms with Crippen molar-refractivity contribution in [1.29, 1.82) is 0 Å². The first-order valence-corrected chi connectivity index (χ1v) is 8.90. The summed E-state index contributed by atoms with van der Waals surface area (Å²) >= 11 is 0. The molecular formula is C15H18N4O3S. The van der Waals surface area contributed by atoms with Crippen LogP contribution in [0.4, 0.5) is 0 Å². The van der Waals surface area contributed by atoms with Crippen LogP contribution in [-0.2, 0) is 23.0 Å². The maximum Gasteiger partial charge on any atom is 0.251 e. The second-order valence-corrected chi connectivity index (χ2v) is 6.83. The number of hydrogen-bond acceptors (Lipinski definition) is 5. The van der Waals surface area contributed by atoms with Gasteiger partial charge in [-0.2, -0.15) is 0 Å². The second-order valence-electron chi connectivity index (χ2n) is 5.00. The van der Waals surface area contributed by atoms with Gasteiger partial charge in [0.15, 0.2) is 0 Å². The normalized spacial score (nSPS) is 11.2. The first kappa shape index (κ1) is 17.0. The summed E-state index contributed by atoms with van der Waals surface area (Å²) in [5, 5.41) is 2.81. The lowest BCUT2D eigenvalue weighted by molar-refractivity contribution is 0.0954. The Morgan fingerprint density at radius 3 is 2.78 bits per heavy atom. The SMILES string of the molecule is CS(=O)(=O)NCc1cc(C(=O)NCCc2cccnc2)ccn1. The van der Waals surface area contributed by atoms with Gasteiger partial charge in [0, 0.05) is 30.7 Å². The highest BCUT2D eigenvalue weighted by molar-refractivity contribution is 7.88. The van der Waals surface area contributed by atoms with Gasteiger partial charge in [0.25, 0.3) is 5.91 Å². The molecule has 0 radical (unpaired) electrons. The lowest BCUT2D eigenvalue weighted by Gasteiger charge is -2.07. The zero-order valence-corrected chi connectivity index (χ0v) is 13.5. The summed E-state index contributed by atoms with van der Waals surface area (Å²) in [6.07, 6.45) is 6.70. The van der Waals surface area contributed by atoms with Gasteiger partial charge in [-0.3, -0.25) is 14.8 Å². The van der Waals surface area contributed by atoms with Crippen LogP contribution in [0.1, 0.15) is 21.6 Å². The van der Waals surface area contributed by atoms with Crippen molar-refractivity contribution in [2.45, 2.75) is 13.0 Å². The lowest BCUT2D eigenvalue weighted by Crippen LogP contribution is -2.26. The number of carbonyl (C=O) groups excluding carboxylic acids is 1. The average molecular weight is 334 g/mol. The molecular weight excluding hydrogens is 316 g/mol. The quantitative estimate of drug-likeness (QED) is 0.768. The number of nitrogens with one attached hydrogen (secondary N) is 2. The Hall–Kier alpha value is -2.32. The Bertz CT molecular complexity index is 763. The molecule has 0 bridgehead atoms. The first-order valence-electron chi connectivity index (χ1n) is 7.01. The van der Waals surface area contributed by atoms with Crippen LogP contribution in [0, 0.1) is 0 Å². The molecule has 2 heterocycles. The summed E-state index contributed by atoms with van der Waals surface area (Å²) in [4.78, 5) is 20.1. The van der Waals surface area contributed by atoms with Crippen LogP contribution in [0.3, 0.4) is 0 Å². The van der Waals surface area contributed by atoms with Gasteiger partial charge >= 0.3 is 0 Å². The molecule has 0 fully saturated rings. The third-order valence-corrected chi connectivity index (χ3v) is 3.68. The highest BCUT2D eigenvalue weighted by atomic mass is 32.2. The molecule has 7 nitrogen and oxygen atoms in total. The average Bonchev–Trinajstić information content (AvgIpc) is 2.53. The monoisotopic (exact) mass is 334 g/mol. The number of aromatic nitrogens is 2. The second kappa shape index (κ2) is 7.80. The molecule has 0 atom stereocenters. The number of rotatable bonds is 7. The van der Waals surface area contributed by atoms with Gasteiger partial charge in [-0.15, -0.1) is 0 Å². The van der Waals surface area contributed by atoms with E-state index in [1.54, 1.807) is 24.5 Å². The van der Waals surface area contributed by atoms with Crippen molar-refractivity contribution in [3.05, 3.63) is 59.7 Å². The molecule has 1 amide bonds. The summed E-state index contributed by atoms with van der Waals surface area (Å²) in [7, 11) is -3.30. The third kappa shape index (κ3) is 6.13. The summed E-state index contributed by atoms with van der Waals surface area (Å²) in [5.74, 6) is -0.225. The number of amides is 1. The largest absolute Gasteiger partial charge is 0.352 e. The molecule has 0 aliphatic heterocycles. The molecule has 0 saturated carbocycles. The number of sulfonamides is 1. The van der Waals surface area contributed by atoms with Crippen LogP contribution in [0.15, 0.2) is 42.9 Å². The predicted octanol–water partition coefficient (Wildman–Crippen LogP) is 0.498.